The minimum Gasteiger partial charge on any atom is -0.342 e. The predicted octanol–water partition coefficient (Wildman–Crippen LogP) is 2.83. The van der Waals surface area contributed by atoms with E-state index in [0.717, 1.165) is 17.7 Å². The fourth-order valence-corrected chi connectivity index (χ4v) is 1.84. The van der Waals surface area contributed by atoms with Gasteiger partial charge in [0.2, 0.25) is 0 Å². The summed E-state index contributed by atoms with van der Waals surface area (Å²) in [6.07, 6.45) is 3.97. The molecule has 90 valence electrons. The van der Waals surface area contributed by atoms with Crippen LogP contribution in [-0.4, -0.2) is 15.0 Å². The first kappa shape index (κ1) is 10.8. The molecule has 0 unspecified atom stereocenters. The van der Waals surface area contributed by atoms with E-state index in [0.29, 0.717) is 23.3 Å². The first-order valence-electron chi connectivity index (χ1n) is 5.45. The van der Waals surface area contributed by atoms with E-state index in [9.17, 15) is 8.78 Å². The van der Waals surface area contributed by atoms with Crippen molar-refractivity contribution >= 4 is 11.0 Å². The molecule has 0 amide bonds. The van der Waals surface area contributed by atoms with Crippen molar-refractivity contribution in [3.8, 4) is 0 Å². The molecule has 0 aliphatic rings. The summed E-state index contributed by atoms with van der Waals surface area (Å²) < 4.78 is 26.1. The average Bonchev–Trinajstić information content (AvgIpc) is 2.72. The molecule has 3 nitrogen and oxygen atoms in total. The molecule has 3 aromatic rings. The Morgan fingerprint density at radius 1 is 1.17 bits per heavy atom. The number of hydrogen-bond donors (Lipinski definition) is 1. The van der Waals surface area contributed by atoms with Gasteiger partial charge in [-0.3, -0.25) is 4.98 Å². The van der Waals surface area contributed by atoms with E-state index < -0.39 is 11.6 Å². The second-order valence-corrected chi connectivity index (χ2v) is 4.01. The molecule has 0 aliphatic carbocycles. The van der Waals surface area contributed by atoms with Crippen molar-refractivity contribution < 1.29 is 8.78 Å². The lowest BCUT2D eigenvalue weighted by Gasteiger charge is -1.95. The van der Waals surface area contributed by atoms with Gasteiger partial charge in [-0.1, -0.05) is 6.07 Å². The van der Waals surface area contributed by atoms with Crippen LogP contribution in [0.5, 0.6) is 0 Å². The third-order valence-corrected chi connectivity index (χ3v) is 2.67. The van der Waals surface area contributed by atoms with E-state index in [1.165, 1.54) is 0 Å². The Balaban J connectivity index is 1.99. The van der Waals surface area contributed by atoms with E-state index in [-0.39, 0.29) is 0 Å². The molecule has 0 bridgehead atoms. The zero-order valence-electron chi connectivity index (χ0n) is 9.32. The molecule has 0 aliphatic heterocycles. The zero-order valence-corrected chi connectivity index (χ0v) is 9.32. The number of aromatic nitrogens is 3. The maximum absolute atomic E-state index is 13.1. The highest BCUT2D eigenvalue weighted by molar-refractivity contribution is 5.75. The maximum Gasteiger partial charge on any atom is 0.161 e. The zero-order chi connectivity index (χ0) is 12.5. The number of nitrogens with zero attached hydrogens (tertiary/aromatic N) is 2. The van der Waals surface area contributed by atoms with Gasteiger partial charge in [-0.05, 0) is 11.6 Å². The molecule has 18 heavy (non-hydrogen) atoms. The molecule has 0 atom stereocenters. The largest absolute Gasteiger partial charge is 0.342 e. The third-order valence-electron chi connectivity index (χ3n) is 2.67. The summed E-state index contributed by atoms with van der Waals surface area (Å²) in [5.74, 6) is -1.11. The van der Waals surface area contributed by atoms with Gasteiger partial charge in [0.1, 0.15) is 5.82 Å². The highest BCUT2D eigenvalue weighted by atomic mass is 19.2. The Bertz CT molecular complexity index is 653. The van der Waals surface area contributed by atoms with Crippen LogP contribution < -0.4 is 0 Å². The van der Waals surface area contributed by atoms with Gasteiger partial charge < -0.3 is 4.98 Å². The monoisotopic (exact) mass is 245 g/mol. The molecular weight excluding hydrogens is 236 g/mol. The van der Waals surface area contributed by atoms with Crippen LogP contribution in [0.2, 0.25) is 0 Å². The van der Waals surface area contributed by atoms with Crippen molar-refractivity contribution in [3.63, 3.8) is 0 Å². The average molecular weight is 245 g/mol. The van der Waals surface area contributed by atoms with Gasteiger partial charge >= 0.3 is 0 Å². The molecule has 2 aromatic heterocycles. The second kappa shape index (κ2) is 4.18. The highest BCUT2D eigenvalue weighted by Gasteiger charge is 2.08. The molecule has 1 aromatic carbocycles. The minimum atomic E-state index is -0.887. The first-order chi connectivity index (χ1) is 8.72. The van der Waals surface area contributed by atoms with Crippen LogP contribution in [0.1, 0.15) is 11.4 Å². The first-order valence-corrected chi connectivity index (χ1v) is 5.45. The molecule has 1 N–H and O–H groups in total. The topological polar surface area (TPSA) is 41.6 Å². The van der Waals surface area contributed by atoms with Gasteiger partial charge in [0, 0.05) is 30.9 Å². The fourth-order valence-electron chi connectivity index (χ4n) is 1.84. The van der Waals surface area contributed by atoms with E-state index in [2.05, 4.69) is 15.0 Å². The minimum absolute atomic E-state index is 0.424. The Hall–Kier alpha value is -2.30. The van der Waals surface area contributed by atoms with Gasteiger partial charge in [-0.2, -0.15) is 0 Å². The molecule has 2 heterocycles. The summed E-state index contributed by atoms with van der Waals surface area (Å²) in [7, 11) is 0. The van der Waals surface area contributed by atoms with Crippen LogP contribution in [0.3, 0.4) is 0 Å². The van der Waals surface area contributed by atoms with Crippen LogP contribution in [0.15, 0.2) is 36.7 Å². The van der Waals surface area contributed by atoms with Gasteiger partial charge in [-0.15, -0.1) is 0 Å². The summed E-state index contributed by atoms with van der Waals surface area (Å²) in [6.45, 7) is 0. The number of hydrogen-bond acceptors (Lipinski definition) is 2. The Morgan fingerprint density at radius 2 is 2.00 bits per heavy atom. The van der Waals surface area contributed by atoms with Gasteiger partial charge in [0.15, 0.2) is 11.6 Å². The highest BCUT2D eigenvalue weighted by Crippen LogP contribution is 2.17. The van der Waals surface area contributed by atoms with Crippen molar-refractivity contribution in [2.45, 2.75) is 6.42 Å². The van der Waals surface area contributed by atoms with Crippen molar-refractivity contribution in [2.75, 3.05) is 0 Å². The summed E-state index contributed by atoms with van der Waals surface area (Å²) in [5, 5.41) is 0. The predicted molar refractivity (Wildman–Crippen MR) is 63.1 cm³/mol. The number of benzene rings is 1. The molecular formula is C13H9F2N3. The number of imidazole rings is 1. The quantitative estimate of drug-likeness (QED) is 0.754. The van der Waals surface area contributed by atoms with E-state index >= 15 is 0 Å². The van der Waals surface area contributed by atoms with Gasteiger partial charge in [0.25, 0.3) is 0 Å². The van der Waals surface area contributed by atoms with Crippen LogP contribution in [0.25, 0.3) is 11.0 Å². The maximum atomic E-state index is 13.1. The van der Waals surface area contributed by atoms with Gasteiger partial charge in [-0.25, -0.2) is 13.8 Å². The SMILES string of the molecule is Fc1cc2nc(Cc3cccnc3)[nH]c2cc1F. The van der Waals surface area contributed by atoms with E-state index in [1.54, 1.807) is 12.4 Å². The number of H-pyrrole nitrogens is 1. The van der Waals surface area contributed by atoms with Crippen molar-refractivity contribution in [2.24, 2.45) is 0 Å². The number of halogens is 2. The molecule has 3 rings (SSSR count). The summed E-state index contributed by atoms with van der Waals surface area (Å²) >= 11 is 0. The number of aromatic amines is 1. The molecule has 0 radical (unpaired) electrons. The molecule has 0 spiro atoms. The summed E-state index contributed by atoms with van der Waals surface area (Å²) in [5.41, 5.74) is 1.90. The van der Waals surface area contributed by atoms with Crippen molar-refractivity contribution in [1.82, 2.24) is 15.0 Å². The Kier molecular flexibility index (Phi) is 2.51. The van der Waals surface area contributed by atoms with Crippen LogP contribution >= 0.6 is 0 Å². The van der Waals surface area contributed by atoms with E-state index in [4.69, 9.17) is 0 Å². The molecule has 0 fully saturated rings. The lowest BCUT2D eigenvalue weighted by atomic mass is 10.2. The fraction of sp³-hybridized carbons (Fsp3) is 0.0769. The van der Waals surface area contributed by atoms with Gasteiger partial charge in [0.05, 0.1) is 11.0 Å². The smallest absolute Gasteiger partial charge is 0.161 e. The number of pyridine rings is 1. The molecule has 0 saturated heterocycles. The summed E-state index contributed by atoms with van der Waals surface area (Å²) in [6, 6.07) is 5.96. The number of rotatable bonds is 2. The molecule has 0 saturated carbocycles. The second-order valence-electron chi connectivity index (χ2n) is 4.01. The van der Waals surface area contributed by atoms with Crippen LogP contribution in [0.4, 0.5) is 8.78 Å². The normalized spacial score (nSPS) is 11.0. The Labute approximate surface area is 102 Å². The van der Waals surface area contributed by atoms with Crippen LogP contribution in [0, 0.1) is 11.6 Å². The summed E-state index contributed by atoms with van der Waals surface area (Å²) in [4.78, 5) is 11.2. The van der Waals surface area contributed by atoms with Crippen molar-refractivity contribution in [3.05, 3.63) is 59.7 Å². The molecule has 5 heteroatoms. The third kappa shape index (κ3) is 1.95. The Morgan fingerprint density at radius 3 is 2.78 bits per heavy atom. The lowest BCUT2D eigenvalue weighted by Crippen LogP contribution is -1.90. The lowest BCUT2D eigenvalue weighted by molar-refractivity contribution is 0.510. The number of nitrogens with one attached hydrogen (secondary N) is 1. The van der Waals surface area contributed by atoms with Crippen molar-refractivity contribution in [1.29, 1.82) is 0 Å². The standard InChI is InChI=1S/C13H9F2N3/c14-9-5-11-12(6-10(9)15)18-13(17-11)4-8-2-1-3-16-7-8/h1-3,5-7H,4H2,(H,17,18). The number of fused-ring (bicyclic) bond motifs is 1. The van der Waals surface area contributed by atoms with Crippen LogP contribution in [-0.2, 0) is 6.42 Å². The van der Waals surface area contributed by atoms with E-state index in [1.807, 2.05) is 12.1 Å².